The molecule has 4 rings (SSSR count). The third-order valence-corrected chi connectivity index (χ3v) is 4.28. The molecule has 1 N–H and O–H groups in total. The van der Waals surface area contributed by atoms with Crippen molar-refractivity contribution in [3.63, 3.8) is 0 Å². The lowest BCUT2D eigenvalue weighted by Gasteiger charge is -2.19. The van der Waals surface area contributed by atoms with E-state index in [9.17, 15) is 10.1 Å². The van der Waals surface area contributed by atoms with Crippen LogP contribution in [0.15, 0.2) is 64.5 Å². The zero-order chi connectivity index (χ0) is 18.1. The van der Waals surface area contributed by atoms with Crippen LogP contribution in [-0.2, 0) is 0 Å². The Bertz CT molecular complexity index is 1110. The summed E-state index contributed by atoms with van der Waals surface area (Å²) in [5.41, 5.74) is 1.99. The van der Waals surface area contributed by atoms with Gasteiger partial charge in [0.2, 0.25) is 5.95 Å². The second-order valence-corrected chi connectivity index (χ2v) is 6.10. The number of halogens is 1. The first kappa shape index (κ1) is 16.1. The van der Waals surface area contributed by atoms with Gasteiger partial charge in [-0.05, 0) is 17.7 Å². The van der Waals surface area contributed by atoms with Crippen molar-refractivity contribution < 1.29 is 0 Å². The van der Waals surface area contributed by atoms with E-state index in [1.54, 1.807) is 24.3 Å². The summed E-state index contributed by atoms with van der Waals surface area (Å²) >= 11 is 5.91. The van der Waals surface area contributed by atoms with Gasteiger partial charge in [-0.1, -0.05) is 54.1 Å². The first-order chi connectivity index (χ1) is 12.7. The molecule has 126 valence electrons. The molecule has 3 aromatic rings. The van der Waals surface area contributed by atoms with Crippen molar-refractivity contribution >= 4 is 23.3 Å². The Hall–Kier alpha value is -3.43. The molecule has 7 heteroatoms. The Kier molecular flexibility index (Phi) is 3.99. The maximum absolute atomic E-state index is 12.8. The molecule has 0 unspecified atom stereocenters. The lowest BCUT2D eigenvalue weighted by molar-refractivity contribution is 0.782. The molecule has 0 spiro atoms. The fraction of sp³-hybridized carbons (Fsp3) is 0.0526. The van der Waals surface area contributed by atoms with Crippen LogP contribution in [-0.4, -0.2) is 21.9 Å². The number of nitriles is 1. The van der Waals surface area contributed by atoms with Crippen LogP contribution in [0.1, 0.15) is 11.1 Å². The van der Waals surface area contributed by atoms with Gasteiger partial charge in [-0.15, -0.1) is 0 Å². The highest BCUT2D eigenvalue weighted by atomic mass is 35.5. The number of nitrogens with zero attached hydrogens (tertiary/aromatic N) is 4. The van der Waals surface area contributed by atoms with E-state index >= 15 is 0 Å². The molecule has 0 bridgehead atoms. The summed E-state index contributed by atoms with van der Waals surface area (Å²) in [6.07, 6.45) is 0. The zero-order valence-electron chi connectivity index (χ0n) is 13.5. The second-order valence-electron chi connectivity index (χ2n) is 5.66. The van der Waals surface area contributed by atoms with E-state index in [1.807, 2.05) is 36.4 Å². The van der Waals surface area contributed by atoms with Gasteiger partial charge in [0.1, 0.15) is 11.6 Å². The van der Waals surface area contributed by atoms with Gasteiger partial charge >= 0.3 is 0 Å². The fourth-order valence-corrected chi connectivity index (χ4v) is 2.87. The Morgan fingerprint density at radius 3 is 2.50 bits per heavy atom. The molecular weight excluding hydrogens is 350 g/mol. The molecule has 0 aliphatic carbocycles. The molecule has 0 atom stereocenters. The van der Waals surface area contributed by atoms with Crippen LogP contribution in [0.25, 0.3) is 11.3 Å². The molecule has 1 aromatic heterocycles. The van der Waals surface area contributed by atoms with E-state index < -0.39 is 5.56 Å². The number of nitrogens with one attached hydrogen (secondary N) is 1. The number of fused-ring (bicyclic) bond motifs is 1. The summed E-state index contributed by atoms with van der Waals surface area (Å²) in [4.78, 5) is 17.3. The quantitative estimate of drug-likeness (QED) is 0.760. The van der Waals surface area contributed by atoms with Crippen LogP contribution in [0.5, 0.6) is 0 Å². The third kappa shape index (κ3) is 2.75. The van der Waals surface area contributed by atoms with Crippen molar-refractivity contribution in [3.8, 4) is 17.3 Å². The third-order valence-electron chi connectivity index (χ3n) is 4.03. The molecule has 0 fully saturated rings. The van der Waals surface area contributed by atoms with Crippen LogP contribution in [0.2, 0.25) is 5.02 Å². The molecule has 0 radical (unpaired) electrons. The van der Waals surface area contributed by atoms with E-state index in [2.05, 4.69) is 15.4 Å². The van der Waals surface area contributed by atoms with E-state index in [-0.39, 0.29) is 5.56 Å². The number of hydrogen-bond acceptors (Lipinski definition) is 5. The number of benzene rings is 2. The largest absolute Gasteiger partial charge is 0.348 e. The average Bonchev–Trinajstić information content (AvgIpc) is 2.69. The van der Waals surface area contributed by atoms with E-state index in [1.165, 1.54) is 0 Å². The van der Waals surface area contributed by atoms with Gasteiger partial charge in [0.05, 0.1) is 18.0 Å². The number of anilines is 1. The van der Waals surface area contributed by atoms with E-state index in [0.717, 1.165) is 10.2 Å². The molecule has 2 aromatic carbocycles. The summed E-state index contributed by atoms with van der Waals surface area (Å²) in [5.74, 6) is 0.304. The topological polar surface area (TPSA) is 83.1 Å². The average molecular weight is 362 g/mol. The molecule has 0 amide bonds. The summed E-state index contributed by atoms with van der Waals surface area (Å²) in [6, 6.07) is 18.3. The van der Waals surface area contributed by atoms with Gasteiger partial charge in [-0.3, -0.25) is 4.79 Å². The minimum Gasteiger partial charge on any atom is -0.348 e. The monoisotopic (exact) mass is 361 g/mol. The minimum atomic E-state index is -0.511. The first-order valence-corrected chi connectivity index (χ1v) is 8.25. The van der Waals surface area contributed by atoms with Gasteiger partial charge in [0, 0.05) is 10.6 Å². The minimum absolute atomic E-state index is 0.0593. The van der Waals surface area contributed by atoms with Crippen LogP contribution in [0.3, 0.4) is 0 Å². The van der Waals surface area contributed by atoms with Crippen LogP contribution in [0.4, 0.5) is 5.95 Å². The van der Waals surface area contributed by atoms with Crippen molar-refractivity contribution in [3.05, 3.63) is 81.1 Å². The maximum Gasteiger partial charge on any atom is 0.294 e. The van der Waals surface area contributed by atoms with Crippen LogP contribution >= 0.6 is 11.6 Å². The number of rotatable bonds is 2. The van der Waals surface area contributed by atoms with Crippen LogP contribution in [0, 0.1) is 11.3 Å². The highest BCUT2D eigenvalue weighted by molar-refractivity contribution is 6.30. The molecule has 26 heavy (non-hydrogen) atoms. The lowest BCUT2D eigenvalue weighted by Crippen LogP contribution is -2.33. The van der Waals surface area contributed by atoms with Gasteiger partial charge in [-0.2, -0.15) is 15.0 Å². The molecule has 6 nitrogen and oxygen atoms in total. The Morgan fingerprint density at radius 2 is 1.81 bits per heavy atom. The van der Waals surface area contributed by atoms with Gasteiger partial charge in [-0.25, -0.2) is 4.98 Å². The predicted molar refractivity (Wildman–Crippen MR) is 101 cm³/mol. The first-order valence-electron chi connectivity index (χ1n) is 7.87. The SMILES string of the molecule is N#Cc1c(-c2ccc(Cl)cc2)nc2n(c1=O)N=C(c1ccccc1)CN2. The summed E-state index contributed by atoms with van der Waals surface area (Å²) in [7, 11) is 0. The van der Waals surface area contributed by atoms with Gasteiger partial charge < -0.3 is 5.32 Å². The standard InChI is InChI=1S/C19H12ClN5O/c20-14-8-6-13(7-9-14)17-15(10-21)18(26)25-19(23-17)22-11-16(24-25)12-4-2-1-3-5-12/h1-9H,11H2,(H,22,23). The van der Waals surface area contributed by atoms with Crippen LogP contribution < -0.4 is 10.9 Å². The second kappa shape index (κ2) is 6.47. The smallest absolute Gasteiger partial charge is 0.294 e. The van der Waals surface area contributed by atoms with Crippen molar-refractivity contribution in [1.29, 1.82) is 5.26 Å². The van der Waals surface area contributed by atoms with Crippen molar-refractivity contribution in [2.75, 3.05) is 11.9 Å². The van der Waals surface area contributed by atoms with Crippen molar-refractivity contribution in [2.24, 2.45) is 5.10 Å². The number of hydrogen-bond donors (Lipinski definition) is 1. The molecule has 2 heterocycles. The summed E-state index contributed by atoms with van der Waals surface area (Å²) in [6.45, 7) is 0.433. The molecular formula is C19H12ClN5O. The van der Waals surface area contributed by atoms with Crippen molar-refractivity contribution in [2.45, 2.75) is 0 Å². The maximum atomic E-state index is 12.8. The molecule has 1 aliphatic heterocycles. The highest BCUT2D eigenvalue weighted by Crippen LogP contribution is 2.24. The molecule has 1 aliphatic rings. The number of aromatic nitrogens is 2. The Morgan fingerprint density at radius 1 is 1.08 bits per heavy atom. The summed E-state index contributed by atoms with van der Waals surface area (Å²) in [5, 5.41) is 17.6. The Balaban J connectivity index is 1.89. The van der Waals surface area contributed by atoms with Crippen molar-refractivity contribution in [1.82, 2.24) is 9.66 Å². The lowest BCUT2D eigenvalue weighted by atomic mass is 10.1. The van der Waals surface area contributed by atoms with E-state index in [0.29, 0.717) is 34.5 Å². The normalized spacial score (nSPS) is 12.5. The molecule has 0 saturated heterocycles. The predicted octanol–water partition coefficient (Wildman–Crippen LogP) is 3.11. The Labute approximate surface area is 154 Å². The summed E-state index contributed by atoms with van der Waals surface area (Å²) < 4.78 is 1.14. The van der Waals surface area contributed by atoms with Gasteiger partial charge in [0.25, 0.3) is 5.56 Å². The highest BCUT2D eigenvalue weighted by Gasteiger charge is 2.21. The van der Waals surface area contributed by atoms with Gasteiger partial charge in [0.15, 0.2) is 0 Å². The van der Waals surface area contributed by atoms with E-state index in [4.69, 9.17) is 11.6 Å². The molecule has 0 saturated carbocycles. The fourth-order valence-electron chi connectivity index (χ4n) is 2.75. The zero-order valence-corrected chi connectivity index (χ0v) is 14.2.